The Labute approximate surface area is 379 Å². The van der Waals surface area contributed by atoms with Crippen LogP contribution in [0.4, 0.5) is 27.4 Å². The Kier molecular flexibility index (Phi) is 14.5. The van der Waals surface area contributed by atoms with Gasteiger partial charge >= 0.3 is 0 Å². The predicted molar refractivity (Wildman–Crippen MR) is 249 cm³/mol. The minimum absolute atomic E-state index is 0.0166. The normalized spacial score (nSPS) is 25.2. The Morgan fingerprint density at radius 2 is 1.44 bits per heavy atom. The summed E-state index contributed by atoms with van der Waals surface area (Å²) in [5, 5.41) is 20.3. The van der Waals surface area contributed by atoms with Gasteiger partial charge in [0.15, 0.2) is 0 Å². The van der Waals surface area contributed by atoms with Crippen molar-refractivity contribution in [2.24, 2.45) is 23.7 Å². The largest absolute Gasteiger partial charge is 0.385 e. The van der Waals surface area contributed by atoms with Gasteiger partial charge in [-0.05, 0) is 125 Å². The van der Waals surface area contributed by atoms with E-state index in [-0.39, 0.29) is 48.5 Å². The van der Waals surface area contributed by atoms with E-state index in [4.69, 9.17) is 32.7 Å². The first-order valence-electron chi connectivity index (χ1n) is 22.4. The van der Waals surface area contributed by atoms with Crippen LogP contribution in [0.2, 0.25) is 10.0 Å². The summed E-state index contributed by atoms with van der Waals surface area (Å²) in [5.74, 6) is 0.364. The molecule has 4 aliphatic rings. The highest BCUT2D eigenvalue weighted by Crippen LogP contribution is 2.40. The second-order valence-electron chi connectivity index (χ2n) is 18.3. The van der Waals surface area contributed by atoms with Crippen molar-refractivity contribution in [3.05, 3.63) is 83.1 Å². The summed E-state index contributed by atoms with van der Waals surface area (Å²) in [6, 6.07) is 19.5. The van der Waals surface area contributed by atoms with Gasteiger partial charge in [0.05, 0.1) is 27.7 Å². The number of nitrogens with zero attached hydrogens (tertiary/aromatic N) is 2. The number of amides is 2. The molecule has 0 bridgehead atoms. The molecule has 63 heavy (non-hydrogen) atoms. The number of hydrogen-bond donors (Lipinski definition) is 6. The van der Waals surface area contributed by atoms with E-state index in [0.29, 0.717) is 53.4 Å². The van der Waals surface area contributed by atoms with E-state index in [1.807, 2.05) is 54.6 Å². The summed E-state index contributed by atoms with van der Waals surface area (Å²) in [6.07, 6.45) is 8.23. The summed E-state index contributed by atoms with van der Waals surface area (Å²) >= 11 is 13.3. The fourth-order valence-corrected chi connectivity index (χ4v) is 9.99. The number of alkyl halides is 1. The first-order valence-corrected chi connectivity index (χ1v) is 23.1. The summed E-state index contributed by atoms with van der Waals surface area (Å²) in [6.45, 7) is 9.29. The summed E-state index contributed by atoms with van der Waals surface area (Å²) in [5.41, 5.74) is 2.49. The second-order valence-corrected chi connectivity index (χ2v) is 19.2. The molecule has 0 radical (unpaired) electrons. The Balaban J connectivity index is 0.882. The fourth-order valence-electron chi connectivity index (χ4n) is 9.57. The Morgan fingerprint density at radius 3 is 2.08 bits per heavy atom. The number of hydrogen-bond acceptors (Lipinski definition) is 10. The van der Waals surface area contributed by atoms with Gasteiger partial charge in [-0.1, -0.05) is 47.5 Å². The monoisotopic (exact) mass is 900 g/mol. The Bertz CT molecular complexity index is 2240. The van der Waals surface area contributed by atoms with E-state index in [2.05, 4.69) is 55.7 Å². The van der Waals surface area contributed by atoms with Crippen LogP contribution in [-0.4, -0.2) is 91.6 Å². The topological polar surface area (TPSA) is 151 Å². The maximum absolute atomic E-state index is 16.8. The highest BCUT2D eigenvalue weighted by molar-refractivity contribution is 6.33. The molecule has 6 N–H and O–H groups in total. The maximum Gasteiger partial charge on any atom is 0.264 e. The number of rotatable bonds is 13. The molecule has 2 amide bonds. The predicted octanol–water partition coefficient (Wildman–Crippen LogP) is 8.84. The molecule has 12 nitrogen and oxygen atoms in total. The van der Waals surface area contributed by atoms with Gasteiger partial charge in [-0.15, -0.1) is 0 Å². The average Bonchev–Trinajstić information content (AvgIpc) is 3.29. The molecule has 5 atom stereocenters. The first-order chi connectivity index (χ1) is 30.4. The zero-order valence-corrected chi connectivity index (χ0v) is 37.6. The zero-order chi connectivity index (χ0) is 44.0. The van der Waals surface area contributed by atoms with Crippen molar-refractivity contribution in [1.82, 2.24) is 20.6 Å². The lowest BCUT2D eigenvalue weighted by atomic mass is 9.77. The SMILES string of the molecule is CC1(C)CC(CNc2cccc(-c3cc(NC(=O)C4CCCNC4)ncc3Cl)c2)CC(C2CNCC(F)(C(=O)Nc3cc(-c4cccc(NCC5CCOCC5)c4)c(Cl)cn3)C2)O1. The molecule has 0 spiro atoms. The Morgan fingerprint density at radius 1 is 0.810 bits per heavy atom. The van der Waals surface area contributed by atoms with Crippen LogP contribution in [0.15, 0.2) is 73.1 Å². The summed E-state index contributed by atoms with van der Waals surface area (Å²) in [7, 11) is 0. The number of piperidine rings is 2. The summed E-state index contributed by atoms with van der Waals surface area (Å²) < 4.78 is 29.0. The van der Waals surface area contributed by atoms with Crippen LogP contribution in [0.1, 0.15) is 58.8 Å². The molecule has 4 saturated heterocycles. The van der Waals surface area contributed by atoms with Crippen LogP contribution in [0, 0.1) is 23.7 Å². The molecule has 4 fully saturated rings. The van der Waals surface area contributed by atoms with Crippen molar-refractivity contribution in [1.29, 1.82) is 0 Å². The Hall–Kier alpha value is -4.37. The van der Waals surface area contributed by atoms with Crippen LogP contribution in [0.3, 0.4) is 0 Å². The number of carbonyl (C=O) groups excluding carboxylic acids is 2. The van der Waals surface area contributed by atoms with Crippen molar-refractivity contribution < 1.29 is 23.5 Å². The molecule has 0 saturated carbocycles. The van der Waals surface area contributed by atoms with Gasteiger partial charge in [-0.2, -0.15) is 0 Å². The van der Waals surface area contributed by atoms with Crippen LogP contribution in [0.25, 0.3) is 22.3 Å². The van der Waals surface area contributed by atoms with Gasteiger partial charge < -0.3 is 41.4 Å². The molecular formula is C48H59Cl2FN8O4. The number of anilines is 4. The van der Waals surface area contributed by atoms with Crippen LogP contribution >= 0.6 is 23.2 Å². The highest BCUT2D eigenvalue weighted by Gasteiger charge is 2.48. The molecule has 4 aliphatic heterocycles. The van der Waals surface area contributed by atoms with E-state index < -0.39 is 17.2 Å². The fraction of sp³-hybridized carbons (Fsp3) is 0.500. The van der Waals surface area contributed by atoms with Crippen molar-refractivity contribution in [3.63, 3.8) is 0 Å². The molecule has 6 heterocycles. The second kappa shape index (κ2) is 20.2. The molecular weight excluding hydrogens is 842 g/mol. The number of ether oxygens (including phenoxy) is 2. The van der Waals surface area contributed by atoms with E-state index in [1.165, 1.54) is 6.20 Å². The van der Waals surface area contributed by atoms with Gasteiger partial charge in [0.1, 0.15) is 11.6 Å². The number of benzene rings is 2. The van der Waals surface area contributed by atoms with E-state index in [9.17, 15) is 9.59 Å². The first kappa shape index (κ1) is 45.2. The lowest BCUT2D eigenvalue weighted by Gasteiger charge is -2.46. The van der Waals surface area contributed by atoms with Crippen LogP contribution < -0.4 is 31.9 Å². The van der Waals surface area contributed by atoms with Gasteiger partial charge in [0.2, 0.25) is 11.6 Å². The average molecular weight is 902 g/mol. The lowest BCUT2D eigenvalue weighted by Crippen LogP contribution is -2.57. The van der Waals surface area contributed by atoms with Crippen molar-refractivity contribution in [2.75, 3.05) is 73.7 Å². The van der Waals surface area contributed by atoms with Crippen molar-refractivity contribution in [3.8, 4) is 22.3 Å². The minimum atomic E-state index is -2.18. The van der Waals surface area contributed by atoms with E-state index in [1.54, 1.807) is 12.3 Å². The minimum Gasteiger partial charge on any atom is -0.385 e. The molecule has 15 heteroatoms. The number of pyridine rings is 2. The quantitative estimate of drug-likeness (QED) is 0.0769. The number of nitrogens with one attached hydrogen (secondary N) is 6. The number of aromatic nitrogens is 2. The summed E-state index contributed by atoms with van der Waals surface area (Å²) in [4.78, 5) is 35.4. The molecule has 5 unspecified atom stereocenters. The highest BCUT2D eigenvalue weighted by atomic mass is 35.5. The number of halogens is 3. The van der Waals surface area contributed by atoms with Gasteiger partial charge in [-0.25, -0.2) is 14.4 Å². The third-order valence-electron chi connectivity index (χ3n) is 12.9. The maximum atomic E-state index is 16.8. The lowest BCUT2D eigenvalue weighted by molar-refractivity contribution is -0.156. The third kappa shape index (κ3) is 11.7. The molecule has 2 aromatic heterocycles. The van der Waals surface area contributed by atoms with Crippen LogP contribution in [-0.2, 0) is 19.1 Å². The smallest absolute Gasteiger partial charge is 0.264 e. The third-order valence-corrected chi connectivity index (χ3v) is 13.5. The number of carbonyl (C=O) groups is 2. The van der Waals surface area contributed by atoms with Crippen molar-refractivity contribution in [2.45, 2.75) is 76.2 Å². The molecule has 2 aromatic carbocycles. The molecule has 4 aromatic rings. The van der Waals surface area contributed by atoms with E-state index >= 15 is 4.39 Å². The zero-order valence-electron chi connectivity index (χ0n) is 36.1. The van der Waals surface area contributed by atoms with Crippen molar-refractivity contribution >= 4 is 58.0 Å². The van der Waals surface area contributed by atoms with Gasteiger partial charge in [0.25, 0.3) is 5.91 Å². The van der Waals surface area contributed by atoms with Crippen LogP contribution in [0.5, 0.6) is 0 Å². The molecule has 8 rings (SSSR count). The molecule has 336 valence electrons. The van der Waals surface area contributed by atoms with Gasteiger partial charge in [-0.3, -0.25) is 9.59 Å². The molecule has 0 aliphatic carbocycles. The van der Waals surface area contributed by atoms with E-state index in [0.717, 1.165) is 86.5 Å². The standard InChI is InChI=1S/C48H59Cl2FN8O4/c1-47(2)21-31(24-55-37-10-4-6-32(18-37)38-19-43(56-27-40(38)49)58-45(60)34-8-5-13-52-25-34)16-42(63-47)35-22-48(51,29-53-26-35)46(61)59-44-20-39(41(50)28-57-44)33-7-3-9-36(17-33)54-23-30-11-14-62-15-12-30/h3-4,6-7,9-10,17-20,27-28,30-31,34-35,42,52-55H,5,8,11-16,21-26,29H2,1-2H3,(H,56,58,60)(H,57,59,61). The van der Waals surface area contributed by atoms with Gasteiger partial charge in [0, 0.05) is 86.8 Å².